The Bertz CT molecular complexity index is 832. The number of hydrogen-bond acceptors (Lipinski definition) is 5. The van der Waals surface area contributed by atoms with Crippen molar-refractivity contribution < 1.29 is 13.9 Å². The Kier molecular flexibility index (Phi) is 4.81. The lowest BCUT2D eigenvalue weighted by Gasteiger charge is -2.05. The molecule has 0 spiro atoms. The zero-order valence-electron chi connectivity index (χ0n) is 12.8. The largest absolute Gasteiger partial charge is 0.497 e. The minimum absolute atomic E-state index is 0.264. The average Bonchev–Trinajstić information content (AvgIpc) is 3.11. The second-order valence-corrected chi connectivity index (χ2v) is 5.74. The molecule has 3 rings (SSSR count). The van der Waals surface area contributed by atoms with Crippen LogP contribution < -0.4 is 10.1 Å². The number of ether oxygens (including phenoxy) is 1. The van der Waals surface area contributed by atoms with E-state index in [0.29, 0.717) is 17.1 Å². The van der Waals surface area contributed by atoms with Crippen molar-refractivity contribution in [3.63, 3.8) is 0 Å². The molecule has 0 aliphatic carbocycles. The van der Waals surface area contributed by atoms with Gasteiger partial charge in [-0.3, -0.25) is 4.79 Å². The molecule has 0 aliphatic rings. The lowest BCUT2D eigenvalue weighted by atomic mass is 10.1. The molecule has 3 aromatic rings. The Morgan fingerprint density at radius 2 is 1.88 bits per heavy atom. The summed E-state index contributed by atoms with van der Waals surface area (Å²) in [6.45, 7) is 0.305. The van der Waals surface area contributed by atoms with E-state index in [1.807, 2.05) is 12.1 Å². The number of rotatable bonds is 5. The average molecular weight is 343 g/mol. The molecule has 0 unspecified atom stereocenters. The number of methoxy groups -OCH3 is 1. The first-order valence-electron chi connectivity index (χ1n) is 7.17. The van der Waals surface area contributed by atoms with Crippen LogP contribution in [0.5, 0.6) is 5.75 Å². The number of carbonyl (C=O) groups is 1. The van der Waals surface area contributed by atoms with Crippen LogP contribution in [0, 0.1) is 5.82 Å². The first-order chi connectivity index (χ1) is 11.7. The molecule has 1 aromatic heterocycles. The summed E-state index contributed by atoms with van der Waals surface area (Å²) in [4.78, 5) is 12.8. The van der Waals surface area contributed by atoms with Crippen LogP contribution in [0.15, 0.2) is 48.5 Å². The van der Waals surface area contributed by atoms with E-state index in [9.17, 15) is 9.18 Å². The van der Waals surface area contributed by atoms with Crippen molar-refractivity contribution in [2.45, 2.75) is 6.54 Å². The van der Waals surface area contributed by atoms with Gasteiger partial charge in [-0.05, 0) is 53.5 Å². The molecule has 2 aromatic carbocycles. The molecule has 0 atom stereocenters. The highest BCUT2D eigenvalue weighted by atomic mass is 32.1. The molecule has 24 heavy (non-hydrogen) atoms. The van der Waals surface area contributed by atoms with Gasteiger partial charge in [-0.25, -0.2) is 4.39 Å². The van der Waals surface area contributed by atoms with Crippen molar-refractivity contribution in [2.75, 3.05) is 7.11 Å². The zero-order chi connectivity index (χ0) is 16.9. The van der Waals surface area contributed by atoms with Gasteiger partial charge in [0.25, 0.3) is 5.91 Å². The quantitative estimate of drug-likeness (QED) is 0.772. The summed E-state index contributed by atoms with van der Waals surface area (Å²) >= 11 is 1.04. The Balaban J connectivity index is 1.73. The molecule has 122 valence electrons. The summed E-state index contributed by atoms with van der Waals surface area (Å²) in [5.74, 6) is 0.155. The van der Waals surface area contributed by atoms with Crippen LogP contribution in [0.2, 0.25) is 0 Å². The van der Waals surface area contributed by atoms with Gasteiger partial charge in [-0.1, -0.05) is 16.6 Å². The first-order valence-corrected chi connectivity index (χ1v) is 7.94. The maximum Gasteiger partial charge on any atom is 0.265 e. The molecule has 0 aliphatic heterocycles. The van der Waals surface area contributed by atoms with Gasteiger partial charge in [0.15, 0.2) is 0 Å². The SMILES string of the molecule is COc1ccc(-c2nnsc2C(=O)NCc2ccc(F)cc2)cc1. The molecular formula is C17H14FN3O2S. The Morgan fingerprint density at radius 3 is 2.54 bits per heavy atom. The predicted octanol–water partition coefficient (Wildman–Crippen LogP) is 3.28. The third kappa shape index (κ3) is 3.57. The van der Waals surface area contributed by atoms with Crippen molar-refractivity contribution in [2.24, 2.45) is 0 Å². The number of hydrogen-bond donors (Lipinski definition) is 1. The van der Waals surface area contributed by atoms with Crippen LogP contribution in [0.25, 0.3) is 11.3 Å². The summed E-state index contributed by atoms with van der Waals surface area (Å²) in [5.41, 5.74) is 2.13. The smallest absolute Gasteiger partial charge is 0.265 e. The fourth-order valence-electron chi connectivity index (χ4n) is 2.14. The lowest BCUT2D eigenvalue weighted by Crippen LogP contribution is -2.22. The Morgan fingerprint density at radius 1 is 1.17 bits per heavy atom. The van der Waals surface area contributed by atoms with Gasteiger partial charge in [0.05, 0.1) is 7.11 Å². The molecule has 0 saturated heterocycles. The predicted molar refractivity (Wildman–Crippen MR) is 89.5 cm³/mol. The molecule has 0 bridgehead atoms. The maximum atomic E-state index is 12.9. The molecule has 5 nitrogen and oxygen atoms in total. The van der Waals surface area contributed by atoms with Crippen molar-refractivity contribution >= 4 is 17.4 Å². The molecule has 0 saturated carbocycles. The van der Waals surface area contributed by atoms with Crippen LogP contribution in [0.1, 0.15) is 15.2 Å². The standard InChI is InChI=1S/C17H14FN3O2S/c1-23-14-8-4-12(5-9-14)15-16(24-21-20-15)17(22)19-10-11-2-6-13(18)7-3-11/h2-9H,10H2,1H3,(H,19,22). The van der Waals surface area contributed by atoms with Crippen molar-refractivity contribution in [3.8, 4) is 17.0 Å². The minimum Gasteiger partial charge on any atom is -0.497 e. The topological polar surface area (TPSA) is 64.1 Å². The van der Waals surface area contributed by atoms with E-state index in [2.05, 4.69) is 14.9 Å². The molecule has 0 fully saturated rings. The summed E-state index contributed by atoms with van der Waals surface area (Å²) in [7, 11) is 1.59. The van der Waals surface area contributed by atoms with Crippen molar-refractivity contribution in [3.05, 3.63) is 64.8 Å². The highest BCUT2D eigenvalue weighted by Crippen LogP contribution is 2.25. The fraction of sp³-hybridized carbons (Fsp3) is 0.118. The maximum absolute atomic E-state index is 12.9. The molecule has 0 radical (unpaired) electrons. The van der Waals surface area contributed by atoms with E-state index >= 15 is 0 Å². The normalized spacial score (nSPS) is 10.4. The number of nitrogens with one attached hydrogen (secondary N) is 1. The molecule has 1 N–H and O–H groups in total. The number of amides is 1. The Labute approximate surface area is 142 Å². The van der Waals surface area contributed by atoms with E-state index in [-0.39, 0.29) is 11.7 Å². The second-order valence-electron chi connectivity index (χ2n) is 4.99. The van der Waals surface area contributed by atoms with Crippen LogP contribution in [0.3, 0.4) is 0 Å². The number of benzene rings is 2. The van der Waals surface area contributed by atoms with Gasteiger partial charge in [0, 0.05) is 12.1 Å². The van der Waals surface area contributed by atoms with E-state index in [4.69, 9.17) is 4.74 Å². The van der Waals surface area contributed by atoms with E-state index in [1.54, 1.807) is 31.4 Å². The minimum atomic E-state index is -0.307. The number of aromatic nitrogens is 2. The summed E-state index contributed by atoms with van der Waals surface area (Å²) < 4.78 is 21.9. The highest BCUT2D eigenvalue weighted by Gasteiger charge is 2.17. The van der Waals surface area contributed by atoms with Crippen LogP contribution in [-0.2, 0) is 6.54 Å². The van der Waals surface area contributed by atoms with Gasteiger partial charge in [-0.15, -0.1) is 5.10 Å². The fourth-order valence-corrected chi connectivity index (χ4v) is 2.75. The van der Waals surface area contributed by atoms with E-state index in [0.717, 1.165) is 28.4 Å². The molecular weight excluding hydrogens is 329 g/mol. The lowest BCUT2D eigenvalue weighted by molar-refractivity contribution is 0.0955. The van der Waals surface area contributed by atoms with Gasteiger partial charge >= 0.3 is 0 Å². The zero-order valence-corrected chi connectivity index (χ0v) is 13.6. The number of carbonyl (C=O) groups excluding carboxylic acids is 1. The first kappa shape index (κ1) is 16.1. The van der Waals surface area contributed by atoms with Gasteiger partial charge in [-0.2, -0.15) is 0 Å². The van der Waals surface area contributed by atoms with Gasteiger partial charge in [0.2, 0.25) is 0 Å². The highest BCUT2D eigenvalue weighted by molar-refractivity contribution is 7.08. The summed E-state index contributed by atoms with van der Waals surface area (Å²) in [6.07, 6.45) is 0. The van der Waals surface area contributed by atoms with Crippen molar-refractivity contribution in [1.82, 2.24) is 14.9 Å². The summed E-state index contributed by atoms with van der Waals surface area (Å²) in [6, 6.07) is 13.2. The van der Waals surface area contributed by atoms with Crippen LogP contribution in [0.4, 0.5) is 4.39 Å². The van der Waals surface area contributed by atoms with Crippen LogP contribution in [-0.4, -0.2) is 22.6 Å². The molecule has 1 heterocycles. The monoisotopic (exact) mass is 343 g/mol. The second kappa shape index (κ2) is 7.18. The van der Waals surface area contributed by atoms with E-state index < -0.39 is 0 Å². The third-order valence-electron chi connectivity index (χ3n) is 3.42. The van der Waals surface area contributed by atoms with E-state index in [1.165, 1.54) is 12.1 Å². The summed E-state index contributed by atoms with van der Waals surface area (Å²) in [5, 5.41) is 6.84. The Hall–Kier alpha value is -2.80. The number of halogens is 1. The van der Waals surface area contributed by atoms with Gasteiger partial charge in [0.1, 0.15) is 22.1 Å². The van der Waals surface area contributed by atoms with Crippen molar-refractivity contribution in [1.29, 1.82) is 0 Å². The van der Waals surface area contributed by atoms with Crippen LogP contribution >= 0.6 is 11.5 Å². The van der Waals surface area contributed by atoms with Gasteiger partial charge < -0.3 is 10.1 Å². The molecule has 1 amide bonds. The number of nitrogens with zero attached hydrogens (tertiary/aromatic N) is 2. The molecule has 7 heteroatoms. The third-order valence-corrected chi connectivity index (χ3v) is 4.15.